The third-order valence-electron chi connectivity index (χ3n) is 4.64. The van der Waals surface area contributed by atoms with Gasteiger partial charge in [0.2, 0.25) is 0 Å². The first-order valence-electron chi connectivity index (χ1n) is 9.73. The van der Waals surface area contributed by atoms with Crippen LogP contribution in [-0.4, -0.2) is 36.9 Å². The Labute approximate surface area is 160 Å². The lowest BCUT2D eigenvalue weighted by atomic mass is 10.1. The van der Waals surface area contributed by atoms with E-state index in [0.717, 1.165) is 25.7 Å². The highest BCUT2D eigenvalue weighted by molar-refractivity contribution is 5.94. The van der Waals surface area contributed by atoms with E-state index in [2.05, 4.69) is 5.32 Å². The standard InChI is InChI=1S/C21H29NO5/c1-16(23)17-10-12-19(13-11-17)26-14-6-9-21(25)27-15-20(24)22-18-7-4-2-3-5-8-18/h10-13,18H,2-9,14-15H2,1H3,(H,22,24). The first-order chi connectivity index (χ1) is 13.0. The maximum absolute atomic E-state index is 11.9. The van der Waals surface area contributed by atoms with Crippen molar-refractivity contribution in [2.24, 2.45) is 0 Å². The van der Waals surface area contributed by atoms with Crippen LogP contribution in [0.3, 0.4) is 0 Å². The molecule has 148 valence electrons. The highest BCUT2D eigenvalue weighted by atomic mass is 16.5. The van der Waals surface area contributed by atoms with Crippen molar-refractivity contribution in [1.29, 1.82) is 0 Å². The summed E-state index contributed by atoms with van der Waals surface area (Å²) in [6.45, 7) is 1.66. The highest BCUT2D eigenvalue weighted by Crippen LogP contribution is 2.17. The second-order valence-corrected chi connectivity index (χ2v) is 6.95. The molecule has 1 aliphatic rings. The van der Waals surface area contributed by atoms with Crippen molar-refractivity contribution in [3.63, 3.8) is 0 Å². The summed E-state index contributed by atoms with van der Waals surface area (Å²) in [4.78, 5) is 34.8. The Bertz CT molecular complexity index is 618. The number of ketones is 1. The van der Waals surface area contributed by atoms with Crippen molar-refractivity contribution in [3.8, 4) is 5.75 Å². The normalized spacial score (nSPS) is 14.9. The Morgan fingerprint density at radius 2 is 1.70 bits per heavy atom. The average Bonchev–Trinajstić information content (AvgIpc) is 2.92. The molecule has 6 nitrogen and oxygen atoms in total. The number of amides is 1. The molecule has 0 aromatic heterocycles. The predicted molar refractivity (Wildman–Crippen MR) is 102 cm³/mol. The molecule has 1 saturated carbocycles. The Kier molecular flexibility index (Phi) is 8.81. The second-order valence-electron chi connectivity index (χ2n) is 6.95. The van der Waals surface area contributed by atoms with Crippen molar-refractivity contribution in [3.05, 3.63) is 29.8 Å². The number of ether oxygens (including phenoxy) is 2. The minimum atomic E-state index is -0.401. The number of rotatable bonds is 9. The fraction of sp³-hybridized carbons (Fsp3) is 0.571. The van der Waals surface area contributed by atoms with Gasteiger partial charge in [0.05, 0.1) is 6.61 Å². The van der Waals surface area contributed by atoms with Crippen LogP contribution < -0.4 is 10.1 Å². The van der Waals surface area contributed by atoms with E-state index in [0.29, 0.717) is 24.3 Å². The van der Waals surface area contributed by atoms with E-state index in [9.17, 15) is 14.4 Å². The fourth-order valence-corrected chi connectivity index (χ4v) is 3.10. The summed E-state index contributed by atoms with van der Waals surface area (Å²) in [7, 11) is 0. The molecule has 0 saturated heterocycles. The minimum absolute atomic E-state index is 0.00683. The van der Waals surface area contributed by atoms with Gasteiger partial charge in [0.1, 0.15) is 5.75 Å². The summed E-state index contributed by atoms with van der Waals surface area (Å²) in [5, 5.41) is 2.95. The van der Waals surface area contributed by atoms with Gasteiger partial charge in [0.25, 0.3) is 5.91 Å². The molecule has 0 unspecified atom stereocenters. The minimum Gasteiger partial charge on any atom is -0.494 e. The van der Waals surface area contributed by atoms with Gasteiger partial charge in [-0.25, -0.2) is 0 Å². The van der Waals surface area contributed by atoms with Gasteiger partial charge < -0.3 is 14.8 Å². The summed E-state index contributed by atoms with van der Waals surface area (Å²) in [6.07, 6.45) is 7.44. The molecule has 0 bridgehead atoms. The molecule has 1 N–H and O–H groups in total. The van der Waals surface area contributed by atoms with Crippen molar-refractivity contribution < 1.29 is 23.9 Å². The van der Waals surface area contributed by atoms with E-state index in [1.807, 2.05) is 0 Å². The smallest absolute Gasteiger partial charge is 0.306 e. The number of hydrogen-bond acceptors (Lipinski definition) is 5. The second kappa shape index (κ2) is 11.4. The van der Waals surface area contributed by atoms with Crippen molar-refractivity contribution in [1.82, 2.24) is 5.32 Å². The number of carbonyl (C=O) groups excluding carboxylic acids is 3. The molecule has 0 spiro atoms. The van der Waals surface area contributed by atoms with Crippen LogP contribution in [0, 0.1) is 0 Å². The maximum Gasteiger partial charge on any atom is 0.306 e. The van der Waals surface area contributed by atoms with Gasteiger partial charge in [-0.05, 0) is 50.5 Å². The van der Waals surface area contributed by atoms with Crippen molar-refractivity contribution in [2.45, 2.75) is 64.3 Å². The van der Waals surface area contributed by atoms with E-state index >= 15 is 0 Å². The van der Waals surface area contributed by atoms with Crippen LogP contribution >= 0.6 is 0 Å². The summed E-state index contributed by atoms with van der Waals surface area (Å²) in [5.74, 6) is 0.0297. The third-order valence-corrected chi connectivity index (χ3v) is 4.64. The number of Topliss-reactive ketones (excluding diaryl/α,β-unsaturated/α-hetero) is 1. The predicted octanol–water partition coefficient (Wildman–Crippen LogP) is 3.43. The molecule has 0 radical (unpaired) electrons. The third kappa shape index (κ3) is 8.24. The van der Waals surface area contributed by atoms with Crippen molar-refractivity contribution >= 4 is 17.7 Å². The molecule has 0 atom stereocenters. The van der Waals surface area contributed by atoms with Crippen LogP contribution in [-0.2, 0) is 14.3 Å². The number of esters is 1. The van der Waals surface area contributed by atoms with E-state index in [4.69, 9.17) is 9.47 Å². The van der Waals surface area contributed by atoms with E-state index < -0.39 is 5.97 Å². The molecule has 0 aliphatic heterocycles. The summed E-state index contributed by atoms with van der Waals surface area (Å²) in [5.41, 5.74) is 0.632. The quantitative estimate of drug-likeness (QED) is 0.309. The zero-order chi connectivity index (χ0) is 19.5. The van der Waals surface area contributed by atoms with Gasteiger partial charge >= 0.3 is 5.97 Å². The molecule has 1 aliphatic carbocycles. The Morgan fingerprint density at radius 1 is 1.04 bits per heavy atom. The van der Waals surface area contributed by atoms with Gasteiger partial charge in [-0.1, -0.05) is 25.7 Å². The van der Waals surface area contributed by atoms with E-state index in [1.165, 1.54) is 19.8 Å². The van der Waals surface area contributed by atoms with E-state index in [1.54, 1.807) is 24.3 Å². The Hall–Kier alpha value is -2.37. The van der Waals surface area contributed by atoms with Gasteiger partial charge in [-0.15, -0.1) is 0 Å². The number of nitrogens with one attached hydrogen (secondary N) is 1. The van der Waals surface area contributed by atoms with Crippen molar-refractivity contribution in [2.75, 3.05) is 13.2 Å². The Morgan fingerprint density at radius 3 is 2.33 bits per heavy atom. The zero-order valence-corrected chi connectivity index (χ0v) is 16.0. The lowest BCUT2D eigenvalue weighted by Crippen LogP contribution is -2.37. The lowest BCUT2D eigenvalue weighted by molar-refractivity contribution is -0.149. The van der Waals surface area contributed by atoms with Crippen LogP contribution in [0.25, 0.3) is 0 Å². The monoisotopic (exact) mass is 375 g/mol. The van der Waals surface area contributed by atoms with Gasteiger partial charge in [-0.2, -0.15) is 0 Å². The van der Waals surface area contributed by atoms with Crippen LogP contribution in [0.5, 0.6) is 5.75 Å². The Balaban J connectivity index is 1.56. The summed E-state index contributed by atoms with van der Waals surface area (Å²) in [6, 6.07) is 7.08. The van der Waals surface area contributed by atoms with Gasteiger partial charge in [-0.3, -0.25) is 14.4 Å². The summed E-state index contributed by atoms with van der Waals surface area (Å²) >= 11 is 0. The number of hydrogen-bond donors (Lipinski definition) is 1. The van der Waals surface area contributed by atoms with E-state index in [-0.39, 0.29) is 30.8 Å². The van der Waals surface area contributed by atoms with Crippen LogP contribution in [0.4, 0.5) is 0 Å². The fourth-order valence-electron chi connectivity index (χ4n) is 3.10. The summed E-state index contributed by atoms with van der Waals surface area (Å²) < 4.78 is 10.6. The molecule has 2 rings (SSSR count). The van der Waals surface area contributed by atoms with Gasteiger partial charge in [0, 0.05) is 18.0 Å². The lowest BCUT2D eigenvalue weighted by Gasteiger charge is -2.16. The average molecular weight is 375 g/mol. The molecular formula is C21H29NO5. The number of benzene rings is 1. The SMILES string of the molecule is CC(=O)c1ccc(OCCCC(=O)OCC(=O)NC2CCCCCC2)cc1. The molecule has 1 amide bonds. The first kappa shape index (κ1) is 20.9. The van der Waals surface area contributed by atoms with Crippen LogP contribution in [0.15, 0.2) is 24.3 Å². The molecule has 6 heteroatoms. The van der Waals surface area contributed by atoms with Gasteiger partial charge in [0.15, 0.2) is 12.4 Å². The maximum atomic E-state index is 11.9. The topological polar surface area (TPSA) is 81.7 Å². The molecule has 1 aromatic rings. The number of carbonyl (C=O) groups is 3. The largest absolute Gasteiger partial charge is 0.494 e. The molecule has 0 heterocycles. The zero-order valence-electron chi connectivity index (χ0n) is 16.0. The highest BCUT2D eigenvalue weighted by Gasteiger charge is 2.15. The first-order valence-corrected chi connectivity index (χ1v) is 9.73. The molecule has 1 fully saturated rings. The van der Waals surface area contributed by atoms with Crippen LogP contribution in [0.1, 0.15) is 68.6 Å². The molecular weight excluding hydrogens is 346 g/mol. The molecule has 27 heavy (non-hydrogen) atoms. The van der Waals surface area contributed by atoms with Crippen LogP contribution in [0.2, 0.25) is 0 Å². The molecule has 1 aromatic carbocycles.